The summed E-state index contributed by atoms with van der Waals surface area (Å²) in [5.41, 5.74) is 10.6. The first-order valence-electron chi connectivity index (χ1n) is 15.7. The highest BCUT2D eigenvalue weighted by molar-refractivity contribution is 5.87. The second-order valence-corrected chi connectivity index (χ2v) is 12.5. The van der Waals surface area contributed by atoms with Crippen LogP contribution in [0.1, 0.15) is 87.0 Å². The standard InChI is InChI=1S/C38H46O3/c1-4-5-27-6-8-28(9-7-27)10-11-29-12-14-30(15-13-29)31-18-20-36-33(22-31)16-17-34-23-32(19-21-37(34)36)35(24-39)25-41-38(40)26(2)3/h12-15,18-23,27-28,35,39H,2,4-11,16-17,24-25H2,1,3H3. The third kappa shape index (κ3) is 7.19. The number of ether oxygens (including phenoxy) is 1. The van der Waals surface area contributed by atoms with Gasteiger partial charge in [-0.25, -0.2) is 4.79 Å². The number of aliphatic hydroxyl groups is 1. The molecule has 0 aromatic heterocycles. The molecule has 0 radical (unpaired) electrons. The molecule has 2 aliphatic rings. The second-order valence-electron chi connectivity index (χ2n) is 12.5. The van der Waals surface area contributed by atoms with Gasteiger partial charge in [-0.15, -0.1) is 0 Å². The summed E-state index contributed by atoms with van der Waals surface area (Å²) in [5.74, 6) is 1.24. The van der Waals surface area contributed by atoms with E-state index in [1.807, 2.05) is 0 Å². The van der Waals surface area contributed by atoms with Crippen LogP contribution in [-0.4, -0.2) is 24.3 Å². The van der Waals surface area contributed by atoms with Crippen molar-refractivity contribution in [1.82, 2.24) is 0 Å². The Morgan fingerprint density at radius 3 is 2.12 bits per heavy atom. The Labute approximate surface area is 246 Å². The van der Waals surface area contributed by atoms with Crippen molar-refractivity contribution in [3.8, 4) is 22.3 Å². The third-order valence-electron chi connectivity index (χ3n) is 9.44. The normalized spacial score (nSPS) is 18.7. The van der Waals surface area contributed by atoms with Crippen LogP contribution in [0.25, 0.3) is 22.3 Å². The summed E-state index contributed by atoms with van der Waals surface area (Å²) >= 11 is 0. The van der Waals surface area contributed by atoms with Crippen LogP contribution in [0.15, 0.2) is 72.8 Å². The van der Waals surface area contributed by atoms with E-state index in [4.69, 9.17) is 4.74 Å². The fraction of sp³-hybridized carbons (Fsp3) is 0.447. The van der Waals surface area contributed by atoms with Crippen molar-refractivity contribution in [3.05, 3.63) is 95.1 Å². The fourth-order valence-corrected chi connectivity index (χ4v) is 6.85. The van der Waals surface area contributed by atoms with Crippen molar-refractivity contribution >= 4 is 5.97 Å². The van der Waals surface area contributed by atoms with Crippen molar-refractivity contribution in [2.75, 3.05) is 13.2 Å². The van der Waals surface area contributed by atoms with Gasteiger partial charge in [0, 0.05) is 11.5 Å². The van der Waals surface area contributed by atoms with E-state index in [9.17, 15) is 9.90 Å². The number of benzene rings is 3. The molecule has 0 amide bonds. The number of carbonyl (C=O) groups is 1. The van der Waals surface area contributed by atoms with Gasteiger partial charge in [-0.1, -0.05) is 113 Å². The Kier molecular flexibility index (Phi) is 9.77. The molecule has 3 aromatic rings. The first-order valence-corrected chi connectivity index (χ1v) is 15.7. The van der Waals surface area contributed by atoms with Crippen LogP contribution in [0.5, 0.6) is 0 Å². The topological polar surface area (TPSA) is 46.5 Å². The Morgan fingerprint density at radius 2 is 1.49 bits per heavy atom. The van der Waals surface area contributed by atoms with Gasteiger partial charge in [-0.3, -0.25) is 0 Å². The molecule has 2 aliphatic carbocycles. The number of hydrogen-bond donors (Lipinski definition) is 1. The van der Waals surface area contributed by atoms with Crippen molar-refractivity contribution < 1.29 is 14.6 Å². The maximum Gasteiger partial charge on any atom is 0.333 e. The van der Waals surface area contributed by atoms with Gasteiger partial charge in [0.2, 0.25) is 0 Å². The lowest BCUT2D eigenvalue weighted by Gasteiger charge is -2.28. The third-order valence-corrected chi connectivity index (χ3v) is 9.44. The SMILES string of the molecule is C=C(C)C(=O)OCC(CO)c1ccc2c(c1)CCc1cc(-c3ccc(CCC4CCC(CCC)CC4)cc3)ccc1-2. The Hall–Kier alpha value is -3.17. The summed E-state index contributed by atoms with van der Waals surface area (Å²) in [6, 6.07) is 22.5. The molecule has 0 saturated heterocycles. The summed E-state index contributed by atoms with van der Waals surface area (Å²) in [4.78, 5) is 11.8. The Morgan fingerprint density at radius 1 is 0.878 bits per heavy atom. The van der Waals surface area contributed by atoms with E-state index in [2.05, 4.69) is 74.2 Å². The van der Waals surface area contributed by atoms with Gasteiger partial charge in [-0.05, 0) is 89.0 Å². The number of carbonyl (C=O) groups excluding carboxylic acids is 1. The average Bonchev–Trinajstić information content (AvgIpc) is 3.00. The molecule has 0 heterocycles. The fourth-order valence-electron chi connectivity index (χ4n) is 6.85. The monoisotopic (exact) mass is 550 g/mol. The highest BCUT2D eigenvalue weighted by atomic mass is 16.5. The van der Waals surface area contributed by atoms with Crippen molar-refractivity contribution in [1.29, 1.82) is 0 Å². The average molecular weight is 551 g/mol. The first-order chi connectivity index (χ1) is 19.9. The van der Waals surface area contributed by atoms with Crippen molar-refractivity contribution in [3.63, 3.8) is 0 Å². The molecule has 5 rings (SSSR count). The quantitative estimate of drug-likeness (QED) is 0.192. The summed E-state index contributed by atoms with van der Waals surface area (Å²) in [6.45, 7) is 7.67. The van der Waals surface area contributed by atoms with Gasteiger partial charge >= 0.3 is 5.97 Å². The molecule has 1 saturated carbocycles. The second kappa shape index (κ2) is 13.7. The van der Waals surface area contributed by atoms with Gasteiger partial charge < -0.3 is 9.84 Å². The van der Waals surface area contributed by atoms with E-state index in [1.54, 1.807) is 6.92 Å². The molecular formula is C38H46O3. The molecule has 0 spiro atoms. The van der Waals surface area contributed by atoms with Gasteiger partial charge in [0.15, 0.2) is 0 Å². The molecular weight excluding hydrogens is 504 g/mol. The van der Waals surface area contributed by atoms with Crippen LogP contribution < -0.4 is 0 Å². The predicted molar refractivity (Wildman–Crippen MR) is 169 cm³/mol. The molecule has 1 fully saturated rings. The number of esters is 1. The minimum absolute atomic E-state index is 0.0684. The van der Waals surface area contributed by atoms with E-state index < -0.39 is 5.97 Å². The molecule has 3 nitrogen and oxygen atoms in total. The number of aliphatic hydroxyl groups excluding tert-OH is 1. The van der Waals surface area contributed by atoms with E-state index >= 15 is 0 Å². The molecule has 3 heteroatoms. The number of aryl methyl sites for hydroxylation is 3. The van der Waals surface area contributed by atoms with Crippen LogP contribution in [0.2, 0.25) is 0 Å². The minimum atomic E-state index is -0.416. The first kappa shape index (κ1) is 29.3. The molecule has 1 atom stereocenters. The zero-order valence-corrected chi connectivity index (χ0v) is 25.0. The van der Waals surface area contributed by atoms with Crippen LogP contribution in [0.4, 0.5) is 0 Å². The van der Waals surface area contributed by atoms with E-state index in [0.29, 0.717) is 5.57 Å². The molecule has 3 aromatic carbocycles. The maximum absolute atomic E-state index is 11.8. The lowest BCUT2D eigenvalue weighted by atomic mass is 9.78. The number of hydrogen-bond acceptors (Lipinski definition) is 3. The molecule has 0 bridgehead atoms. The van der Waals surface area contributed by atoms with Crippen LogP contribution in [0, 0.1) is 11.8 Å². The number of rotatable bonds is 11. The number of fused-ring (bicyclic) bond motifs is 3. The minimum Gasteiger partial charge on any atom is -0.462 e. The zero-order valence-electron chi connectivity index (χ0n) is 25.0. The van der Waals surface area contributed by atoms with E-state index in [1.165, 1.54) is 90.3 Å². The van der Waals surface area contributed by atoms with Gasteiger partial charge in [-0.2, -0.15) is 0 Å². The van der Waals surface area contributed by atoms with Crippen LogP contribution >= 0.6 is 0 Å². The summed E-state index contributed by atoms with van der Waals surface area (Å²) in [6.07, 6.45) is 13.0. The highest BCUT2D eigenvalue weighted by Gasteiger charge is 2.22. The molecule has 1 unspecified atom stereocenters. The van der Waals surface area contributed by atoms with Gasteiger partial charge in [0.05, 0.1) is 6.61 Å². The van der Waals surface area contributed by atoms with E-state index in [-0.39, 0.29) is 19.1 Å². The maximum atomic E-state index is 11.8. The van der Waals surface area contributed by atoms with Gasteiger partial charge in [0.25, 0.3) is 0 Å². The predicted octanol–water partition coefficient (Wildman–Crippen LogP) is 8.85. The lowest BCUT2D eigenvalue weighted by Crippen LogP contribution is -2.17. The molecule has 216 valence electrons. The summed E-state index contributed by atoms with van der Waals surface area (Å²) < 4.78 is 5.33. The summed E-state index contributed by atoms with van der Waals surface area (Å²) in [5, 5.41) is 9.95. The van der Waals surface area contributed by atoms with Gasteiger partial charge in [0.1, 0.15) is 6.61 Å². The highest BCUT2D eigenvalue weighted by Crippen LogP contribution is 2.38. The largest absolute Gasteiger partial charge is 0.462 e. The lowest BCUT2D eigenvalue weighted by molar-refractivity contribution is -0.139. The zero-order chi connectivity index (χ0) is 28.8. The smallest absolute Gasteiger partial charge is 0.333 e. The Balaban J connectivity index is 1.22. The van der Waals surface area contributed by atoms with Crippen molar-refractivity contribution in [2.45, 2.75) is 84.0 Å². The van der Waals surface area contributed by atoms with Crippen molar-refractivity contribution in [2.24, 2.45) is 11.8 Å². The summed E-state index contributed by atoms with van der Waals surface area (Å²) in [7, 11) is 0. The van der Waals surface area contributed by atoms with Crippen LogP contribution in [0.3, 0.4) is 0 Å². The van der Waals surface area contributed by atoms with Crippen LogP contribution in [-0.2, 0) is 28.8 Å². The Bertz CT molecular complexity index is 1340. The molecule has 41 heavy (non-hydrogen) atoms. The van der Waals surface area contributed by atoms with E-state index in [0.717, 1.165) is 30.2 Å². The molecule has 1 N–H and O–H groups in total. The molecule has 0 aliphatic heterocycles.